The van der Waals surface area contributed by atoms with Gasteiger partial charge in [-0.15, -0.1) is 0 Å². The minimum absolute atomic E-state index is 0.232. The predicted octanol–water partition coefficient (Wildman–Crippen LogP) is 1.24. The number of anilines is 1. The minimum Gasteiger partial charge on any atom is -0.497 e. The Bertz CT molecular complexity index is 799. The number of carbonyl (C=O) groups excluding carboxylic acids is 2. The molecule has 1 aromatic heterocycles. The van der Waals surface area contributed by atoms with Gasteiger partial charge < -0.3 is 25.7 Å². The van der Waals surface area contributed by atoms with Crippen LogP contribution in [0.4, 0.5) is 10.5 Å². The van der Waals surface area contributed by atoms with Gasteiger partial charge in [-0.3, -0.25) is 9.59 Å². The second-order valence-corrected chi connectivity index (χ2v) is 5.26. The van der Waals surface area contributed by atoms with Crippen molar-refractivity contribution in [2.75, 3.05) is 25.5 Å². The lowest BCUT2D eigenvalue weighted by molar-refractivity contribution is 0.0954. The van der Waals surface area contributed by atoms with Gasteiger partial charge >= 0.3 is 6.03 Å². The van der Waals surface area contributed by atoms with Crippen LogP contribution >= 0.6 is 0 Å². The molecule has 132 valence electrons. The lowest BCUT2D eigenvalue weighted by Gasteiger charge is -2.10. The molecule has 0 aliphatic heterocycles. The number of ether oxygens (including phenoxy) is 1. The molecule has 3 amide bonds. The summed E-state index contributed by atoms with van der Waals surface area (Å²) in [6.07, 6.45) is 1.43. The van der Waals surface area contributed by atoms with Gasteiger partial charge in [0.15, 0.2) is 0 Å². The summed E-state index contributed by atoms with van der Waals surface area (Å²) in [5, 5.41) is 7.95. The predicted molar refractivity (Wildman–Crippen MR) is 94.1 cm³/mol. The highest BCUT2D eigenvalue weighted by Crippen LogP contribution is 2.11. The van der Waals surface area contributed by atoms with Crippen molar-refractivity contribution in [2.24, 2.45) is 0 Å². The van der Waals surface area contributed by atoms with E-state index in [1.165, 1.54) is 12.3 Å². The van der Waals surface area contributed by atoms with Crippen molar-refractivity contribution >= 4 is 17.6 Å². The van der Waals surface area contributed by atoms with Gasteiger partial charge in [0.25, 0.3) is 5.91 Å². The Balaban J connectivity index is 1.73. The molecule has 0 aliphatic rings. The number of hydrogen-bond acceptors (Lipinski definition) is 4. The fourth-order valence-electron chi connectivity index (χ4n) is 2.07. The molecule has 4 N–H and O–H groups in total. The molecule has 0 bridgehead atoms. The van der Waals surface area contributed by atoms with Gasteiger partial charge in [0.05, 0.1) is 12.8 Å². The van der Waals surface area contributed by atoms with E-state index in [1.54, 1.807) is 38.3 Å². The van der Waals surface area contributed by atoms with E-state index in [0.29, 0.717) is 22.6 Å². The maximum atomic E-state index is 11.9. The Morgan fingerprint density at radius 3 is 2.44 bits per heavy atom. The number of methoxy groups -OCH3 is 1. The summed E-state index contributed by atoms with van der Waals surface area (Å²) < 4.78 is 5.03. The average molecular weight is 344 g/mol. The molecule has 2 rings (SSSR count). The zero-order valence-electron chi connectivity index (χ0n) is 14.0. The lowest BCUT2D eigenvalue weighted by Crippen LogP contribution is -2.37. The van der Waals surface area contributed by atoms with Crippen molar-refractivity contribution in [2.45, 2.75) is 6.92 Å². The fourth-order valence-corrected chi connectivity index (χ4v) is 2.07. The number of H-pyrrole nitrogens is 1. The third kappa shape index (κ3) is 5.38. The van der Waals surface area contributed by atoms with E-state index in [0.717, 1.165) is 0 Å². The van der Waals surface area contributed by atoms with Gasteiger partial charge in [0, 0.05) is 30.9 Å². The number of hydrogen-bond donors (Lipinski definition) is 4. The number of urea groups is 1. The normalized spacial score (nSPS) is 10.0. The quantitative estimate of drug-likeness (QED) is 0.591. The van der Waals surface area contributed by atoms with E-state index >= 15 is 0 Å². The topological polar surface area (TPSA) is 112 Å². The van der Waals surface area contributed by atoms with Crippen molar-refractivity contribution < 1.29 is 14.3 Å². The number of pyridine rings is 1. The molecule has 0 aliphatic carbocycles. The van der Waals surface area contributed by atoms with Gasteiger partial charge in [0.2, 0.25) is 5.56 Å². The van der Waals surface area contributed by atoms with E-state index in [4.69, 9.17) is 4.74 Å². The smallest absolute Gasteiger partial charge is 0.319 e. The summed E-state index contributed by atoms with van der Waals surface area (Å²) in [6.45, 7) is 2.26. The molecular weight excluding hydrogens is 324 g/mol. The monoisotopic (exact) mass is 344 g/mol. The van der Waals surface area contributed by atoms with Crippen LogP contribution in [0.15, 0.2) is 41.3 Å². The van der Waals surface area contributed by atoms with Crippen molar-refractivity contribution in [3.8, 4) is 5.75 Å². The molecular formula is C17H20N4O4. The van der Waals surface area contributed by atoms with Crippen LogP contribution in [-0.4, -0.2) is 37.1 Å². The summed E-state index contributed by atoms with van der Waals surface area (Å²) in [7, 11) is 1.56. The number of aryl methyl sites for hydroxylation is 1. The summed E-state index contributed by atoms with van der Waals surface area (Å²) >= 11 is 0. The van der Waals surface area contributed by atoms with Gasteiger partial charge in [-0.1, -0.05) is 0 Å². The van der Waals surface area contributed by atoms with Crippen LogP contribution in [0.5, 0.6) is 5.75 Å². The van der Waals surface area contributed by atoms with E-state index in [9.17, 15) is 14.4 Å². The zero-order chi connectivity index (χ0) is 18.2. The molecule has 0 spiro atoms. The molecule has 0 saturated heterocycles. The SMILES string of the molecule is COc1ccc(C(=O)NCCNC(=O)Nc2c[nH]c(=O)cc2C)cc1. The van der Waals surface area contributed by atoms with Gasteiger partial charge in [-0.25, -0.2) is 4.79 Å². The number of amides is 3. The van der Waals surface area contributed by atoms with Crippen molar-refractivity contribution in [3.05, 3.63) is 58.0 Å². The molecule has 8 nitrogen and oxygen atoms in total. The summed E-state index contributed by atoms with van der Waals surface area (Å²) in [6, 6.07) is 7.69. The zero-order valence-corrected chi connectivity index (χ0v) is 14.0. The number of nitrogens with one attached hydrogen (secondary N) is 4. The highest BCUT2D eigenvalue weighted by Gasteiger charge is 2.06. The number of benzene rings is 1. The number of carbonyl (C=O) groups is 2. The molecule has 0 atom stereocenters. The van der Waals surface area contributed by atoms with Crippen LogP contribution in [0.2, 0.25) is 0 Å². The fraction of sp³-hybridized carbons (Fsp3) is 0.235. The minimum atomic E-state index is -0.422. The number of aromatic amines is 1. The standard InChI is InChI=1S/C17H20N4O4/c1-11-9-15(22)20-10-14(11)21-17(24)19-8-7-18-16(23)12-3-5-13(25-2)6-4-12/h3-6,9-10H,7-8H2,1-2H3,(H,18,23)(H,20,22)(H2,19,21,24). The Hall–Kier alpha value is -3.29. The Kier molecular flexibility index (Phi) is 6.16. The van der Waals surface area contributed by atoms with Crippen LogP contribution in [0, 0.1) is 6.92 Å². The maximum Gasteiger partial charge on any atom is 0.319 e. The first-order valence-corrected chi connectivity index (χ1v) is 7.66. The first kappa shape index (κ1) is 18.1. The van der Waals surface area contributed by atoms with Crippen LogP contribution in [0.3, 0.4) is 0 Å². The Morgan fingerprint density at radius 1 is 1.12 bits per heavy atom. The molecule has 25 heavy (non-hydrogen) atoms. The largest absolute Gasteiger partial charge is 0.497 e. The molecule has 0 saturated carbocycles. The maximum absolute atomic E-state index is 11.9. The van der Waals surface area contributed by atoms with Crippen molar-refractivity contribution in [1.29, 1.82) is 0 Å². The summed E-state index contributed by atoms with van der Waals surface area (Å²) in [5.74, 6) is 0.439. The third-order valence-electron chi connectivity index (χ3n) is 3.43. The van der Waals surface area contributed by atoms with E-state index in [2.05, 4.69) is 20.9 Å². The van der Waals surface area contributed by atoms with Gasteiger partial charge in [-0.2, -0.15) is 0 Å². The van der Waals surface area contributed by atoms with Gasteiger partial charge in [0.1, 0.15) is 5.75 Å². The van der Waals surface area contributed by atoms with Crippen LogP contribution < -0.4 is 26.2 Å². The van der Waals surface area contributed by atoms with Crippen molar-refractivity contribution in [3.63, 3.8) is 0 Å². The van der Waals surface area contributed by atoms with Crippen LogP contribution in [-0.2, 0) is 0 Å². The second kappa shape index (κ2) is 8.53. The molecule has 2 aromatic rings. The van der Waals surface area contributed by atoms with E-state index < -0.39 is 6.03 Å². The second-order valence-electron chi connectivity index (χ2n) is 5.26. The molecule has 8 heteroatoms. The third-order valence-corrected chi connectivity index (χ3v) is 3.43. The summed E-state index contributed by atoms with van der Waals surface area (Å²) in [5.41, 5.74) is 1.45. The Morgan fingerprint density at radius 2 is 1.80 bits per heavy atom. The lowest BCUT2D eigenvalue weighted by atomic mass is 10.2. The first-order valence-electron chi connectivity index (χ1n) is 7.66. The Labute approximate surface area is 144 Å². The van der Waals surface area contributed by atoms with Crippen LogP contribution in [0.25, 0.3) is 0 Å². The first-order chi connectivity index (χ1) is 12.0. The highest BCUT2D eigenvalue weighted by molar-refractivity contribution is 5.94. The molecule has 0 radical (unpaired) electrons. The molecule has 1 aromatic carbocycles. The van der Waals surface area contributed by atoms with Crippen LogP contribution in [0.1, 0.15) is 15.9 Å². The van der Waals surface area contributed by atoms with Crippen molar-refractivity contribution in [1.82, 2.24) is 15.6 Å². The van der Waals surface area contributed by atoms with E-state index in [1.807, 2.05) is 0 Å². The molecule has 0 fully saturated rings. The highest BCUT2D eigenvalue weighted by atomic mass is 16.5. The average Bonchev–Trinajstić information content (AvgIpc) is 2.61. The van der Waals surface area contributed by atoms with E-state index in [-0.39, 0.29) is 24.6 Å². The molecule has 0 unspecified atom stereocenters. The number of rotatable bonds is 6. The summed E-state index contributed by atoms with van der Waals surface area (Å²) in [4.78, 5) is 37.4. The van der Waals surface area contributed by atoms with Gasteiger partial charge in [-0.05, 0) is 36.8 Å². The molecule has 1 heterocycles. The number of aromatic nitrogens is 1.